The first-order chi connectivity index (χ1) is 17.0. The third-order valence-electron chi connectivity index (χ3n) is 7.70. The molecule has 36 heavy (non-hydrogen) atoms. The summed E-state index contributed by atoms with van der Waals surface area (Å²) in [6, 6.07) is 3.90. The highest BCUT2D eigenvalue weighted by Gasteiger charge is 2.64. The first kappa shape index (κ1) is 25.2. The smallest absolute Gasteiger partial charge is 0.255 e. The average molecular weight is 527 g/mol. The normalized spacial score (nSPS) is 23.8. The topological polar surface area (TPSA) is 75.7 Å². The van der Waals surface area contributed by atoms with Gasteiger partial charge in [-0.15, -0.1) is 0 Å². The van der Waals surface area contributed by atoms with Gasteiger partial charge in [0.1, 0.15) is 23.1 Å². The number of halogens is 4. The number of ether oxygens (including phenoxy) is 1. The summed E-state index contributed by atoms with van der Waals surface area (Å²) < 4.78 is 88.8. The maximum absolute atomic E-state index is 15.7. The molecule has 2 unspecified atom stereocenters. The van der Waals surface area contributed by atoms with Crippen molar-refractivity contribution in [3.05, 3.63) is 59.4 Å². The van der Waals surface area contributed by atoms with Crippen LogP contribution in [0.2, 0.25) is 0 Å². The SMILES string of the molecule is COC1(C(=O)N2CC3(CC3)C(NS(=O)(=O)CF)C2Cc2cccc(-c3cc(F)cc(F)c3)c2F)CC1. The molecule has 2 aromatic rings. The van der Waals surface area contributed by atoms with E-state index < -0.39 is 56.6 Å². The number of benzene rings is 2. The van der Waals surface area contributed by atoms with Crippen molar-refractivity contribution in [2.45, 2.75) is 49.8 Å². The van der Waals surface area contributed by atoms with Gasteiger partial charge >= 0.3 is 0 Å². The zero-order valence-electron chi connectivity index (χ0n) is 19.6. The van der Waals surface area contributed by atoms with Gasteiger partial charge < -0.3 is 9.64 Å². The fraction of sp³-hybridized carbons (Fsp3) is 0.480. The Morgan fingerprint density at radius 1 is 1.11 bits per heavy atom. The lowest BCUT2D eigenvalue weighted by molar-refractivity contribution is -0.145. The number of sulfonamides is 1. The van der Waals surface area contributed by atoms with Crippen molar-refractivity contribution in [1.82, 2.24) is 9.62 Å². The quantitative estimate of drug-likeness (QED) is 0.533. The van der Waals surface area contributed by atoms with E-state index in [0.717, 1.165) is 12.1 Å². The van der Waals surface area contributed by atoms with Crippen molar-refractivity contribution in [3.63, 3.8) is 0 Å². The van der Waals surface area contributed by atoms with E-state index in [-0.39, 0.29) is 35.6 Å². The van der Waals surface area contributed by atoms with E-state index in [1.54, 1.807) is 4.90 Å². The van der Waals surface area contributed by atoms with Gasteiger partial charge in [0.15, 0.2) is 0 Å². The highest BCUT2D eigenvalue weighted by Crippen LogP contribution is 2.57. The molecule has 2 saturated carbocycles. The number of nitrogens with one attached hydrogen (secondary N) is 1. The Balaban J connectivity index is 1.53. The van der Waals surface area contributed by atoms with Gasteiger partial charge in [-0.1, -0.05) is 18.2 Å². The average Bonchev–Trinajstić information content (AvgIpc) is 3.75. The molecule has 1 aliphatic heterocycles. The summed E-state index contributed by atoms with van der Waals surface area (Å²) in [5, 5.41) is 0. The van der Waals surface area contributed by atoms with Gasteiger partial charge in [-0.3, -0.25) is 4.79 Å². The zero-order valence-corrected chi connectivity index (χ0v) is 20.4. The Morgan fingerprint density at radius 3 is 2.33 bits per heavy atom. The van der Waals surface area contributed by atoms with Crippen molar-refractivity contribution in [2.24, 2.45) is 5.41 Å². The molecule has 6 nitrogen and oxygen atoms in total. The molecular formula is C25H26F4N2O4S. The van der Waals surface area contributed by atoms with Gasteiger partial charge in [0, 0.05) is 36.7 Å². The number of amides is 1. The number of carbonyl (C=O) groups excluding carboxylic acids is 1. The largest absolute Gasteiger partial charge is 0.368 e. The molecule has 2 aliphatic carbocycles. The monoisotopic (exact) mass is 526 g/mol. The van der Waals surface area contributed by atoms with Crippen LogP contribution in [0.15, 0.2) is 36.4 Å². The van der Waals surface area contributed by atoms with Gasteiger partial charge in [0.25, 0.3) is 5.91 Å². The predicted octanol–water partition coefficient (Wildman–Crippen LogP) is 3.70. The third kappa shape index (κ3) is 4.41. The molecule has 1 N–H and O–H groups in total. The van der Waals surface area contributed by atoms with E-state index in [9.17, 15) is 26.4 Å². The number of carbonyl (C=O) groups is 1. The van der Waals surface area contributed by atoms with E-state index in [4.69, 9.17) is 4.74 Å². The number of hydrogen-bond acceptors (Lipinski definition) is 4. The number of hydrogen-bond donors (Lipinski definition) is 1. The van der Waals surface area contributed by atoms with Crippen LogP contribution in [0.4, 0.5) is 17.6 Å². The van der Waals surface area contributed by atoms with Gasteiger partial charge in [-0.25, -0.2) is 30.7 Å². The minimum Gasteiger partial charge on any atom is -0.368 e. The lowest BCUT2D eigenvalue weighted by Gasteiger charge is -2.31. The first-order valence-electron chi connectivity index (χ1n) is 11.7. The molecule has 0 bridgehead atoms. The van der Waals surface area contributed by atoms with Gasteiger partial charge in [-0.05, 0) is 55.4 Å². The fourth-order valence-corrected chi connectivity index (χ4v) is 6.28. The van der Waals surface area contributed by atoms with Gasteiger partial charge in [-0.2, -0.15) is 0 Å². The third-order valence-corrected chi connectivity index (χ3v) is 8.60. The van der Waals surface area contributed by atoms with Crippen LogP contribution in [0.5, 0.6) is 0 Å². The van der Waals surface area contributed by atoms with E-state index in [2.05, 4.69) is 4.72 Å². The summed E-state index contributed by atoms with van der Waals surface area (Å²) in [5.74, 6) is -2.74. The van der Waals surface area contributed by atoms with Crippen LogP contribution in [0.25, 0.3) is 11.1 Å². The molecule has 0 aromatic heterocycles. The van der Waals surface area contributed by atoms with Gasteiger partial charge in [0.05, 0.1) is 6.04 Å². The predicted molar refractivity (Wildman–Crippen MR) is 123 cm³/mol. The Labute approximate surface area is 206 Å². The second-order valence-corrected chi connectivity index (χ2v) is 11.7. The Morgan fingerprint density at radius 2 is 1.78 bits per heavy atom. The van der Waals surface area contributed by atoms with Crippen LogP contribution >= 0.6 is 0 Å². The maximum Gasteiger partial charge on any atom is 0.255 e. The molecule has 5 rings (SSSR count). The van der Waals surface area contributed by atoms with E-state index in [0.29, 0.717) is 31.7 Å². The minimum atomic E-state index is -4.27. The van der Waals surface area contributed by atoms with Crippen LogP contribution in [-0.4, -0.2) is 56.6 Å². The number of alkyl halides is 1. The summed E-state index contributed by atoms with van der Waals surface area (Å²) in [7, 11) is -2.83. The van der Waals surface area contributed by atoms with E-state index in [1.165, 1.54) is 25.3 Å². The fourth-order valence-electron chi connectivity index (χ4n) is 5.43. The molecule has 1 saturated heterocycles. The van der Waals surface area contributed by atoms with Crippen LogP contribution in [0.3, 0.4) is 0 Å². The van der Waals surface area contributed by atoms with Crippen LogP contribution < -0.4 is 4.72 Å². The molecular weight excluding hydrogens is 500 g/mol. The second kappa shape index (κ2) is 8.81. The Kier molecular flexibility index (Phi) is 6.16. The standard InChI is InChI=1S/C25H26F4N2O4S/c1-35-25(7-8-25)23(32)31-13-24(5-6-24)22(30-36(33,34)14-26)20(31)11-15-3-2-4-19(21(15)29)16-9-17(27)12-18(28)10-16/h2-4,9-10,12,20,22,30H,5-8,11,13-14H2,1H3. The molecule has 1 spiro atoms. The molecule has 194 valence electrons. The van der Waals surface area contributed by atoms with Crippen LogP contribution in [0.1, 0.15) is 31.2 Å². The molecule has 11 heteroatoms. The molecule has 2 aromatic carbocycles. The Hall–Kier alpha value is -2.50. The number of nitrogens with zero attached hydrogens (tertiary/aromatic N) is 1. The molecule has 0 radical (unpaired) electrons. The number of methoxy groups -OCH3 is 1. The highest BCUT2D eigenvalue weighted by molar-refractivity contribution is 7.89. The molecule has 3 fully saturated rings. The summed E-state index contributed by atoms with van der Waals surface area (Å²) >= 11 is 0. The minimum absolute atomic E-state index is 0.0101. The lowest BCUT2D eigenvalue weighted by atomic mass is 9.91. The van der Waals surface area contributed by atoms with Crippen molar-refractivity contribution in [2.75, 3.05) is 19.7 Å². The van der Waals surface area contributed by atoms with E-state index in [1.807, 2.05) is 0 Å². The van der Waals surface area contributed by atoms with E-state index >= 15 is 4.39 Å². The van der Waals surface area contributed by atoms with Crippen molar-refractivity contribution in [3.8, 4) is 11.1 Å². The van der Waals surface area contributed by atoms with Crippen LogP contribution in [-0.2, 0) is 26.0 Å². The molecule has 1 amide bonds. The lowest BCUT2D eigenvalue weighted by Crippen LogP contribution is -2.52. The Bertz CT molecular complexity index is 1290. The zero-order chi connectivity index (χ0) is 25.9. The summed E-state index contributed by atoms with van der Waals surface area (Å²) in [4.78, 5) is 15.0. The summed E-state index contributed by atoms with van der Waals surface area (Å²) in [5.41, 5.74) is -1.42. The second-order valence-electron chi connectivity index (χ2n) is 10.0. The summed E-state index contributed by atoms with van der Waals surface area (Å²) in [6.07, 6.45) is 2.24. The maximum atomic E-state index is 15.7. The van der Waals surface area contributed by atoms with Crippen molar-refractivity contribution < 1.29 is 35.5 Å². The van der Waals surface area contributed by atoms with Crippen molar-refractivity contribution in [1.29, 1.82) is 0 Å². The van der Waals surface area contributed by atoms with Crippen molar-refractivity contribution >= 4 is 15.9 Å². The summed E-state index contributed by atoms with van der Waals surface area (Å²) in [6.45, 7) is 0.248. The molecule has 1 heterocycles. The molecule has 3 aliphatic rings. The van der Waals surface area contributed by atoms with Crippen LogP contribution in [0, 0.1) is 22.9 Å². The number of likely N-dealkylation sites (tertiary alicyclic amines) is 1. The number of rotatable bonds is 8. The molecule has 2 atom stereocenters. The van der Waals surface area contributed by atoms with Gasteiger partial charge in [0.2, 0.25) is 16.0 Å². The first-order valence-corrected chi connectivity index (χ1v) is 13.3. The highest BCUT2D eigenvalue weighted by atomic mass is 32.2.